The lowest BCUT2D eigenvalue weighted by molar-refractivity contribution is 0.155. The predicted octanol–water partition coefficient (Wildman–Crippen LogP) is 8.32. The van der Waals surface area contributed by atoms with Crippen molar-refractivity contribution in [1.29, 1.82) is 5.26 Å². The number of nitrogens with zero attached hydrogens (tertiary/aromatic N) is 5. The quantitative estimate of drug-likeness (QED) is 0.0903. The van der Waals surface area contributed by atoms with Gasteiger partial charge in [-0.15, -0.1) is 0 Å². The molecule has 0 atom stereocenters. The van der Waals surface area contributed by atoms with E-state index >= 15 is 0 Å². The number of aryl methyl sites for hydroxylation is 2. The molecule has 216 valence electrons. The van der Waals surface area contributed by atoms with Gasteiger partial charge in [0.1, 0.15) is 11.4 Å². The van der Waals surface area contributed by atoms with Crippen LogP contribution in [0, 0.1) is 18.3 Å². The highest BCUT2D eigenvalue weighted by molar-refractivity contribution is 7.98. The standard InChI is InChI=1S/C37H31N5OS/c1-27-23-28(35-33(26-42(41-35)22-12-20-38)34-19-21-39-36(40-34)44-2)25-32(24-27)43-37(29-13-6-3-7-14-29,30-15-8-4-9-16-30)31-17-10-5-11-18-31/h3-11,13-19,21,23-26H,12,22H2,1-2H3. The van der Waals surface area contributed by atoms with Crippen molar-refractivity contribution in [3.05, 3.63) is 150 Å². The average Bonchev–Trinajstić information content (AvgIpc) is 3.52. The van der Waals surface area contributed by atoms with Crippen LogP contribution in [0.1, 0.15) is 28.7 Å². The van der Waals surface area contributed by atoms with E-state index in [0.717, 1.165) is 44.8 Å². The van der Waals surface area contributed by atoms with Gasteiger partial charge in [-0.25, -0.2) is 9.97 Å². The highest BCUT2D eigenvalue weighted by Crippen LogP contribution is 2.42. The van der Waals surface area contributed by atoms with E-state index in [1.807, 2.05) is 83.9 Å². The van der Waals surface area contributed by atoms with E-state index in [9.17, 15) is 5.26 Å². The zero-order valence-corrected chi connectivity index (χ0v) is 25.4. The van der Waals surface area contributed by atoms with Crippen LogP contribution in [0.15, 0.2) is 133 Å². The number of nitriles is 1. The Hall–Kier alpha value is -5.19. The fourth-order valence-corrected chi connectivity index (χ4v) is 5.86. The SMILES string of the molecule is CSc1nccc(-c2cn(CCC#N)nc2-c2cc(C)cc(OC(c3ccccc3)(c3ccccc3)c3ccccc3)c2)n1. The van der Waals surface area contributed by atoms with Crippen LogP contribution in [0.5, 0.6) is 5.75 Å². The summed E-state index contributed by atoms with van der Waals surface area (Å²) in [4.78, 5) is 9.13. The third-order valence-electron chi connectivity index (χ3n) is 7.44. The molecule has 0 N–H and O–H groups in total. The Morgan fingerprint density at radius 3 is 2.02 bits per heavy atom. The molecule has 44 heavy (non-hydrogen) atoms. The first-order chi connectivity index (χ1) is 21.6. The largest absolute Gasteiger partial charge is 0.473 e. The van der Waals surface area contributed by atoms with Crippen molar-refractivity contribution in [2.24, 2.45) is 0 Å². The van der Waals surface area contributed by atoms with Gasteiger partial charge >= 0.3 is 0 Å². The zero-order valence-electron chi connectivity index (χ0n) is 24.6. The first kappa shape index (κ1) is 28.9. The van der Waals surface area contributed by atoms with Crippen LogP contribution in [-0.4, -0.2) is 26.0 Å². The van der Waals surface area contributed by atoms with Gasteiger partial charge in [0.05, 0.1) is 24.7 Å². The zero-order chi connectivity index (χ0) is 30.4. The van der Waals surface area contributed by atoms with Crippen molar-refractivity contribution < 1.29 is 4.74 Å². The summed E-state index contributed by atoms with van der Waals surface area (Å²) in [5.41, 5.74) is 6.50. The molecule has 6 nitrogen and oxygen atoms in total. The van der Waals surface area contributed by atoms with E-state index in [4.69, 9.17) is 14.8 Å². The number of benzene rings is 4. The summed E-state index contributed by atoms with van der Waals surface area (Å²) < 4.78 is 9.07. The molecule has 4 aromatic carbocycles. The van der Waals surface area contributed by atoms with Gasteiger partial charge in [-0.05, 0) is 43.0 Å². The molecule has 0 bridgehead atoms. The molecule has 6 aromatic rings. The van der Waals surface area contributed by atoms with Crippen molar-refractivity contribution in [2.45, 2.75) is 30.6 Å². The minimum atomic E-state index is -0.913. The third kappa shape index (κ3) is 5.85. The first-order valence-electron chi connectivity index (χ1n) is 14.4. The van der Waals surface area contributed by atoms with Gasteiger partial charge in [-0.3, -0.25) is 4.68 Å². The van der Waals surface area contributed by atoms with Gasteiger partial charge in [-0.1, -0.05) is 103 Å². The molecule has 0 radical (unpaired) electrons. The van der Waals surface area contributed by atoms with E-state index in [2.05, 4.69) is 66.5 Å². The lowest BCUT2D eigenvalue weighted by atomic mass is 9.80. The van der Waals surface area contributed by atoms with Crippen molar-refractivity contribution in [3.8, 4) is 34.3 Å². The van der Waals surface area contributed by atoms with E-state index in [0.29, 0.717) is 23.9 Å². The van der Waals surface area contributed by atoms with Crippen molar-refractivity contribution in [3.63, 3.8) is 0 Å². The summed E-state index contributed by atoms with van der Waals surface area (Å²) in [5, 5.41) is 14.9. The smallest absolute Gasteiger partial charge is 0.187 e. The molecule has 0 amide bonds. The van der Waals surface area contributed by atoms with Gasteiger partial charge < -0.3 is 4.74 Å². The minimum absolute atomic E-state index is 0.357. The maximum Gasteiger partial charge on any atom is 0.187 e. The number of rotatable bonds is 10. The van der Waals surface area contributed by atoms with Gasteiger partial charge in [0.2, 0.25) is 0 Å². The highest BCUT2D eigenvalue weighted by atomic mass is 32.2. The van der Waals surface area contributed by atoms with E-state index in [1.165, 1.54) is 11.8 Å². The molecule has 2 aromatic heterocycles. The molecular weight excluding hydrogens is 563 g/mol. The minimum Gasteiger partial charge on any atom is -0.473 e. The van der Waals surface area contributed by atoms with Crippen LogP contribution in [-0.2, 0) is 12.1 Å². The summed E-state index contributed by atoms with van der Waals surface area (Å²) in [6.07, 6.45) is 6.04. The molecule has 0 saturated carbocycles. The van der Waals surface area contributed by atoms with Crippen LogP contribution in [0.2, 0.25) is 0 Å². The number of aromatic nitrogens is 4. The molecule has 0 unspecified atom stereocenters. The van der Waals surface area contributed by atoms with Gasteiger partial charge in [-0.2, -0.15) is 10.4 Å². The molecule has 0 aliphatic rings. The molecular formula is C37H31N5OS. The topological polar surface area (TPSA) is 76.6 Å². The molecule has 2 heterocycles. The second kappa shape index (κ2) is 13.0. The fraction of sp³-hybridized carbons (Fsp3) is 0.135. The van der Waals surface area contributed by atoms with E-state index in [1.54, 1.807) is 6.20 Å². The Morgan fingerprint density at radius 2 is 1.45 bits per heavy atom. The van der Waals surface area contributed by atoms with Gasteiger partial charge in [0.15, 0.2) is 10.8 Å². The van der Waals surface area contributed by atoms with Crippen molar-refractivity contribution in [1.82, 2.24) is 19.7 Å². The van der Waals surface area contributed by atoms with Crippen LogP contribution in [0.25, 0.3) is 22.5 Å². The summed E-state index contributed by atoms with van der Waals surface area (Å²) in [6.45, 7) is 2.55. The van der Waals surface area contributed by atoms with Crippen LogP contribution < -0.4 is 4.74 Å². The maximum absolute atomic E-state index is 9.24. The molecule has 0 spiro atoms. The number of thioether (sulfide) groups is 1. The average molecular weight is 594 g/mol. The molecule has 0 fully saturated rings. The first-order valence-corrected chi connectivity index (χ1v) is 15.6. The Balaban J connectivity index is 1.53. The predicted molar refractivity (Wildman–Crippen MR) is 175 cm³/mol. The number of hydrogen-bond donors (Lipinski definition) is 0. The lowest BCUT2D eigenvalue weighted by Gasteiger charge is -2.36. The molecule has 7 heteroatoms. The summed E-state index contributed by atoms with van der Waals surface area (Å²) in [5.74, 6) is 0.710. The highest BCUT2D eigenvalue weighted by Gasteiger charge is 2.39. The molecule has 0 aliphatic heterocycles. The normalized spacial score (nSPS) is 11.2. The summed E-state index contributed by atoms with van der Waals surface area (Å²) in [7, 11) is 0. The molecule has 0 aliphatic carbocycles. The molecule has 6 rings (SSSR count). The Labute approximate surface area is 262 Å². The van der Waals surface area contributed by atoms with Crippen LogP contribution >= 0.6 is 11.8 Å². The maximum atomic E-state index is 9.24. The van der Waals surface area contributed by atoms with E-state index in [-0.39, 0.29) is 0 Å². The Morgan fingerprint density at radius 1 is 0.841 bits per heavy atom. The van der Waals surface area contributed by atoms with Gasteiger partial charge in [0.25, 0.3) is 0 Å². The second-order valence-electron chi connectivity index (χ2n) is 10.4. The summed E-state index contributed by atoms with van der Waals surface area (Å²) in [6, 6.07) is 41.4. The van der Waals surface area contributed by atoms with E-state index < -0.39 is 5.60 Å². The lowest BCUT2D eigenvalue weighted by Crippen LogP contribution is -2.36. The van der Waals surface area contributed by atoms with Crippen molar-refractivity contribution in [2.75, 3.05) is 6.26 Å². The summed E-state index contributed by atoms with van der Waals surface area (Å²) >= 11 is 1.49. The Bertz CT molecular complexity index is 1800. The van der Waals surface area contributed by atoms with Crippen molar-refractivity contribution >= 4 is 11.8 Å². The molecule has 0 saturated heterocycles. The number of ether oxygens (including phenoxy) is 1. The van der Waals surface area contributed by atoms with Crippen LogP contribution in [0.3, 0.4) is 0 Å². The van der Waals surface area contributed by atoms with Gasteiger partial charge in [0, 0.05) is 40.2 Å². The monoisotopic (exact) mass is 593 g/mol. The second-order valence-corrected chi connectivity index (χ2v) is 11.2. The fourth-order valence-electron chi connectivity index (χ4n) is 5.51. The third-order valence-corrected chi connectivity index (χ3v) is 8.00. The Kier molecular flexibility index (Phi) is 8.53. The van der Waals surface area contributed by atoms with Crippen LogP contribution in [0.4, 0.5) is 0 Å². The number of hydrogen-bond acceptors (Lipinski definition) is 6.